The number of likely N-dealkylation sites (tertiary alicyclic amines) is 1. The summed E-state index contributed by atoms with van der Waals surface area (Å²) in [5.41, 5.74) is 1.38. The van der Waals surface area contributed by atoms with Crippen LogP contribution >= 0.6 is 0 Å². The number of aromatic nitrogens is 2. The molecule has 1 aromatic carbocycles. The van der Waals surface area contributed by atoms with Gasteiger partial charge in [-0.15, -0.1) is 0 Å². The maximum absolute atomic E-state index is 15.0. The standard InChI is InChI=1S/C26H28F2N4O5/c1-35-22-9-8-21-24(31-22)23(18(27)12-29-21)17(25(33)36-2)13-32-11-10-20(19(28)14-32)30-26(34)37-15-16-6-4-3-5-7-16/h3-9,12,17,19-20H,10-11,13-15H2,1-2H3,(H,30,34)/t17?,19-,20?/m0/s1. The van der Waals surface area contributed by atoms with Crippen LogP contribution < -0.4 is 10.1 Å². The van der Waals surface area contributed by atoms with Crippen LogP contribution in [0.15, 0.2) is 48.7 Å². The quantitative estimate of drug-likeness (QED) is 0.457. The van der Waals surface area contributed by atoms with E-state index < -0.39 is 36.0 Å². The highest BCUT2D eigenvalue weighted by atomic mass is 19.1. The zero-order valence-electron chi connectivity index (χ0n) is 20.5. The number of alkyl halides is 1. The number of hydrogen-bond acceptors (Lipinski definition) is 8. The monoisotopic (exact) mass is 514 g/mol. The Bertz CT molecular complexity index is 1250. The Morgan fingerprint density at radius 3 is 2.68 bits per heavy atom. The van der Waals surface area contributed by atoms with Crippen LogP contribution in [-0.2, 0) is 20.9 Å². The van der Waals surface area contributed by atoms with E-state index in [1.165, 1.54) is 14.2 Å². The predicted octanol–water partition coefficient (Wildman–Crippen LogP) is 3.37. The van der Waals surface area contributed by atoms with Crippen molar-refractivity contribution in [3.63, 3.8) is 0 Å². The van der Waals surface area contributed by atoms with Gasteiger partial charge in [-0.05, 0) is 18.1 Å². The summed E-state index contributed by atoms with van der Waals surface area (Å²) in [7, 11) is 2.63. The fourth-order valence-corrected chi connectivity index (χ4v) is 4.39. The van der Waals surface area contributed by atoms with Crippen molar-refractivity contribution in [2.24, 2.45) is 0 Å². The van der Waals surface area contributed by atoms with E-state index in [9.17, 15) is 9.59 Å². The summed E-state index contributed by atoms with van der Waals surface area (Å²) in [6, 6.07) is 11.6. The van der Waals surface area contributed by atoms with Crippen LogP contribution in [0.4, 0.5) is 13.6 Å². The molecule has 0 radical (unpaired) electrons. The van der Waals surface area contributed by atoms with Crippen molar-refractivity contribution in [2.45, 2.75) is 31.2 Å². The molecule has 3 atom stereocenters. The number of nitrogens with one attached hydrogen (secondary N) is 1. The smallest absolute Gasteiger partial charge is 0.407 e. The van der Waals surface area contributed by atoms with Crippen molar-refractivity contribution in [2.75, 3.05) is 33.9 Å². The molecule has 4 rings (SSSR count). The number of benzene rings is 1. The number of carbonyl (C=O) groups excluding carboxylic acids is 2. The van der Waals surface area contributed by atoms with Crippen LogP contribution in [0, 0.1) is 5.82 Å². The van der Waals surface area contributed by atoms with Crippen LogP contribution in [0.1, 0.15) is 23.5 Å². The van der Waals surface area contributed by atoms with Crippen LogP contribution in [0.2, 0.25) is 0 Å². The third kappa shape index (κ3) is 6.29. The summed E-state index contributed by atoms with van der Waals surface area (Å²) < 4.78 is 45.4. The first kappa shape index (κ1) is 26.2. The number of hydrogen-bond donors (Lipinski definition) is 1. The SMILES string of the molecule is COC(=O)C(CN1CCC(NC(=O)OCc2ccccc2)[C@@H](F)C1)c1c(F)cnc2ccc(OC)nc12. The third-order valence-corrected chi connectivity index (χ3v) is 6.30. The average Bonchev–Trinajstić information content (AvgIpc) is 2.92. The Kier molecular flexibility index (Phi) is 8.44. The molecule has 1 aliphatic rings. The van der Waals surface area contributed by atoms with Crippen molar-refractivity contribution in [3.8, 4) is 5.88 Å². The Balaban J connectivity index is 1.44. The summed E-state index contributed by atoms with van der Waals surface area (Å²) in [5, 5.41) is 2.58. The molecular weight excluding hydrogens is 486 g/mol. The fraction of sp³-hybridized carbons (Fsp3) is 0.385. The van der Waals surface area contributed by atoms with E-state index in [2.05, 4.69) is 15.3 Å². The van der Waals surface area contributed by atoms with Gasteiger partial charge in [0.15, 0.2) is 0 Å². The highest BCUT2D eigenvalue weighted by Gasteiger charge is 2.35. The molecule has 2 aromatic heterocycles. The minimum atomic E-state index is -1.42. The highest BCUT2D eigenvalue weighted by Crippen LogP contribution is 2.30. The maximum atomic E-state index is 15.0. The summed E-state index contributed by atoms with van der Waals surface area (Å²) in [5.74, 6) is -2.25. The molecule has 1 amide bonds. The molecule has 9 nitrogen and oxygen atoms in total. The molecule has 11 heteroatoms. The Hall–Kier alpha value is -3.86. The van der Waals surface area contributed by atoms with Gasteiger partial charge in [-0.25, -0.2) is 18.6 Å². The van der Waals surface area contributed by atoms with Crippen molar-refractivity contribution in [3.05, 3.63) is 65.6 Å². The first-order valence-electron chi connectivity index (χ1n) is 11.8. The molecule has 0 saturated carbocycles. The second-order valence-corrected chi connectivity index (χ2v) is 8.69. The van der Waals surface area contributed by atoms with Crippen molar-refractivity contribution in [1.29, 1.82) is 0 Å². The molecule has 1 fully saturated rings. The molecule has 3 heterocycles. The van der Waals surface area contributed by atoms with Gasteiger partial charge >= 0.3 is 12.1 Å². The number of nitrogens with zero attached hydrogens (tertiary/aromatic N) is 3. The molecule has 0 bridgehead atoms. The first-order chi connectivity index (χ1) is 17.9. The lowest BCUT2D eigenvalue weighted by Gasteiger charge is -2.36. The van der Waals surface area contributed by atoms with Crippen molar-refractivity contribution < 1.29 is 32.6 Å². The minimum absolute atomic E-state index is 0.00676. The van der Waals surface area contributed by atoms with Crippen LogP contribution in [0.25, 0.3) is 11.0 Å². The number of methoxy groups -OCH3 is 2. The number of fused-ring (bicyclic) bond motifs is 1. The molecular formula is C26H28F2N4O5. The second kappa shape index (κ2) is 11.9. The van der Waals surface area contributed by atoms with Crippen LogP contribution in [0.3, 0.4) is 0 Å². The van der Waals surface area contributed by atoms with Gasteiger partial charge in [0.1, 0.15) is 18.6 Å². The topological polar surface area (TPSA) is 103 Å². The number of amides is 1. The van der Waals surface area contributed by atoms with Crippen molar-refractivity contribution >= 4 is 23.1 Å². The van der Waals surface area contributed by atoms with E-state index in [0.717, 1.165) is 11.8 Å². The fourth-order valence-electron chi connectivity index (χ4n) is 4.39. The Morgan fingerprint density at radius 1 is 1.19 bits per heavy atom. The Morgan fingerprint density at radius 2 is 1.97 bits per heavy atom. The van der Waals surface area contributed by atoms with E-state index >= 15 is 8.78 Å². The van der Waals surface area contributed by atoms with Gasteiger partial charge in [-0.3, -0.25) is 14.7 Å². The molecule has 1 aliphatic heterocycles. The van der Waals surface area contributed by atoms with E-state index in [1.807, 2.05) is 30.3 Å². The summed E-state index contributed by atoms with van der Waals surface area (Å²) in [6.45, 7) is 0.359. The number of ether oxygens (including phenoxy) is 3. The average molecular weight is 515 g/mol. The normalized spacial score (nSPS) is 18.7. The van der Waals surface area contributed by atoms with E-state index in [1.54, 1.807) is 17.0 Å². The zero-order chi connectivity index (χ0) is 26.4. The zero-order valence-corrected chi connectivity index (χ0v) is 20.5. The van der Waals surface area contributed by atoms with Gasteiger partial charge in [0.2, 0.25) is 5.88 Å². The van der Waals surface area contributed by atoms with Crippen molar-refractivity contribution in [1.82, 2.24) is 20.2 Å². The van der Waals surface area contributed by atoms with Gasteiger partial charge in [-0.2, -0.15) is 0 Å². The number of piperidine rings is 1. The van der Waals surface area contributed by atoms with Gasteiger partial charge in [0.25, 0.3) is 0 Å². The lowest BCUT2D eigenvalue weighted by Crippen LogP contribution is -2.53. The lowest BCUT2D eigenvalue weighted by molar-refractivity contribution is -0.143. The molecule has 196 valence electrons. The predicted molar refractivity (Wildman–Crippen MR) is 130 cm³/mol. The number of esters is 1. The van der Waals surface area contributed by atoms with Gasteiger partial charge in [-0.1, -0.05) is 30.3 Å². The number of pyridine rings is 2. The van der Waals surface area contributed by atoms with Gasteiger partial charge < -0.3 is 19.5 Å². The third-order valence-electron chi connectivity index (χ3n) is 6.30. The second-order valence-electron chi connectivity index (χ2n) is 8.69. The molecule has 0 aliphatic carbocycles. The van der Waals surface area contributed by atoms with E-state index in [0.29, 0.717) is 12.1 Å². The first-order valence-corrected chi connectivity index (χ1v) is 11.8. The highest BCUT2D eigenvalue weighted by molar-refractivity contribution is 5.87. The summed E-state index contributed by atoms with van der Waals surface area (Å²) in [4.78, 5) is 35.0. The molecule has 1 N–H and O–H groups in total. The Labute approximate surface area is 212 Å². The molecule has 0 spiro atoms. The van der Waals surface area contributed by atoms with Crippen LogP contribution in [-0.4, -0.2) is 73.0 Å². The minimum Gasteiger partial charge on any atom is -0.481 e. The van der Waals surface area contributed by atoms with Crippen LogP contribution in [0.5, 0.6) is 5.88 Å². The molecule has 1 saturated heterocycles. The summed E-state index contributed by atoms with van der Waals surface area (Å²) in [6.07, 6.45) is -0.825. The number of rotatable bonds is 8. The van der Waals surface area contributed by atoms with E-state index in [-0.39, 0.29) is 43.1 Å². The molecule has 37 heavy (non-hydrogen) atoms. The van der Waals surface area contributed by atoms with Gasteiger partial charge in [0, 0.05) is 31.3 Å². The largest absolute Gasteiger partial charge is 0.481 e. The number of alkyl carbamates (subject to hydrolysis) is 1. The van der Waals surface area contributed by atoms with E-state index in [4.69, 9.17) is 14.2 Å². The summed E-state index contributed by atoms with van der Waals surface area (Å²) >= 11 is 0. The molecule has 3 aromatic rings. The number of carbonyl (C=O) groups is 2. The van der Waals surface area contributed by atoms with Gasteiger partial charge in [0.05, 0.1) is 43.4 Å². The number of halogens is 2. The maximum Gasteiger partial charge on any atom is 0.407 e. The molecule has 2 unspecified atom stereocenters. The lowest BCUT2D eigenvalue weighted by atomic mass is 9.95.